The molecule has 0 heterocycles. The molecular formula is IrNO3+2. The predicted molar refractivity (Wildman–Crippen MR) is 10.4 cm³/mol. The van der Waals surface area contributed by atoms with E-state index in [1.807, 2.05) is 0 Å². The van der Waals surface area contributed by atoms with Crippen LogP contribution in [-0.4, -0.2) is 5.09 Å². The summed E-state index contributed by atoms with van der Waals surface area (Å²) < 4.78 is 0. The summed E-state index contributed by atoms with van der Waals surface area (Å²) in [5, 5.41) is 14.8. The van der Waals surface area contributed by atoms with Crippen molar-refractivity contribution in [3.8, 4) is 0 Å². The van der Waals surface area contributed by atoms with Crippen LogP contribution < -0.4 is 0 Å². The molecule has 0 aliphatic rings. The summed E-state index contributed by atoms with van der Waals surface area (Å²) in [6.07, 6.45) is 0. The quantitative estimate of drug-likeness (QED) is 0.442. The third kappa shape index (κ3) is 580. The van der Waals surface area contributed by atoms with Crippen LogP contribution in [0.1, 0.15) is 0 Å². The third-order valence-electron chi connectivity index (χ3n) is 0. The van der Waals surface area contributed by atoms with Crippen molar-refractivity contribution in [3.05, 3.63) is 15.3 Å². The molecule has 0 aromatic carbocycles. The summed E-state index contributed by atoms with van der Waals surface area (Å²) in [5.74, 6) is 0. The van der Waals surface area contributed by atoms with E-state index in [0.29, 0.717) is 0 Å². The molecule has 5 heteroatoms. The second-order valence-corrected chi connectivity index (χ2v) is 0.224. The largest absolute Gasteiger partial charge is 3.00 e. The van der Waals surface area contributed by atoms with E-state index in [4.69, 9.17) is 15.3 Å². The standard InChI is InChI=1S/Ir.NO3/c;2-1(3)4/q+3;-1. The molecule has 0 saturated carbocycles. The Labute approximate surface area is 41.3 Å². The molecule has 0 aliphatic heterocycles. The number of hydrogen-bond acceptors (Lipinski definition) is 3. The van der Waals surface area contributed by atoms with Crippen LogP contribution in [0, 0.1) is 15.3 Å². The molecule has 0 aliphatic carbocycles. The fraction of sp³-hybridized carbons (Fsp3) is 0. The van der Waals surface area contributed by atoms with Crippen LogP contribution in [0.15, 0.2) is 0 Å². The van der Waals surface area contributed by atoms with E-state index >= 15 is 0 Å². The van der Waals surface area contributed by atoms with Crippen LogP contribution in [0.5, 0.6) is 0 Å². The van der Waals surface area contributed by atoms with Crippen molar-refractivity contribution in [2.45, 2.75) is 0 Å². The number of nitrogens with zero attached hydrogens (tertiary/aromatic N) is 1. The molecule has 0 bridgehead atoms. The Morgan fingerprint density at radius 3 is 1.40 bits per heavy atom. The molecule has 0 radical (unpaired) electrons. The Hall–Kier alpha value is -0.151. The Bertz CT molecular complexity index is 29.9. The summed E-state index contributed by atoms with van der Waals surface area (Å²) in [5.41, 5.74) is 0. The maximum atomic E-state index is 8.25. The van der Waals surface area contributed by atoms with Gasteiger partial charge < -0.3 is 15.3 Å². The predicted octanol–water partition coefficient (Wildman–Crippen LogP) is -0.242. The van der Waals surface area contributed by atoms with Crippen molar-refractivity contribution in [1.82, 2.24) is 0 Å². The van der Waals surface area contributed by atoms with Crippen molar-refractivity contribution in [2.75, 3.05) is 0 Å². The Morgan fingerprint density at radius 1 is 1.40 bits per heavy atom. The summed E-state index contributed by atoms with van der Waals surface area (Å²) >= 11 is 0. The average Bonchev–Trinajstić information content (AvgIpc) is 0.811. The molecule has 0 aromatic rings. The number of rotatable bonds is 0. The summed E-state index contributed by atoms with van der Waals surface area (Å²) in [6.45, 7) is 0. The molecule has 0 fully saturated rings. The van der Waals surface area contributed by atoms with Crippen LogP contribution >= 0.6 is 0 Å². The molecule has 5 heavy (non-hydrogen) atoms. The van der Waals surface area contributed by atoms with Gasteiger partial charge in [-0.3, -0.25) is 0 Å². The van der Waals surface area contributed by atoms with Crippen LogP contribution in [0.2, 0.25) is 0 Å². The Kier molecular flexibility index (Phi) is 6.81. The molecule has 0 aromatic heterocycles. The summed E-state index contributed by atoms with van der Waals surface area (Å²) in [4.78, 5) is 8.25. The van der Waals surface area contributed by atoms with Gasteiger partial charge in [0.25, 0.3) is 0 Å². The minimum absolute atomic E-state index is 0. The topological polar surface area (TPSA) is 66.2 Å². The van der Waals surface area contributed by atoms with Gasteiger partial charge in [-0.2, -0.15) is 0 Å². The van der Waals surface area contributed by atoms with Gasteiger partial charge in [-0.1, -0.05) is 0 Å². The van der Waals surface area contributed by atoms with Crippen LogP contribution in [-0.2, 0) is 20.1 Å². The van der Waals surface area contributed by atoms with Gasteiger partial charge in [0, 0.05) is 0 Å². The van der Waals surface area contributed by atoms with E-state index in [0.717, 1.165) is 0 Å². The summed E-state index contributed by atoms with van der Waals surface area (Å²) in [6, 6.07) is 0. The minimum atomic E-state index is -1.75. The second-order valence-electron chi connectivity index (χ2n) is 0.224. The maximum Gasteiger partial charge on any atom is 3.00 e. The zero-order chi connectivity index (χ0) is 3.58. The SMILES string of the molecule is O=[N+]([O-])[O-].[Ir+3]. The smallest absolute Gasteiger partial charge is 0.356 e. The van der Waals surface area contributed by atoms with Crippen molar-refractivity contribution < 1.29 is 25.2 Å². The van der Waals surface area contributed by atoms with Gasteiger partial charge in [0.15, 0.2) is 0 Å². The van der Waals surface area contributed by atoms with Crippen molar-refractivity contribution >= 4 is 0 Å². The van der Waals surface area contributed by atoms with Crippen molar-refractivity contribution in [2.24, 2.45) is 0 Å². The minimum Gasteiger partial charge on any atom is -0.356 e. The fourth-order valence-electron chi connectivity index (χ4n) is 0. The third-order valence-corrected chi connectivity index (χ3v) is 0. The Balaban J connectivity index is 0. The zero-order valence-corrected chi connectivity index (χ0v) is 4.40. The Morgan fingerprint density at radius 2 is 1.40 bits per heavy atom. The van der Waals surface area contributed by atoms with Gasteiger partial charge in [-0.15, -0.1) is 0 Å². The summed E-state index contributed by atoms with van der Waals surface area (Å²) in [7, 11) is 0. The molecule has 0 N–H and O–H groups in total. The van der Waals surface area contributed by atoms with Gasteiger partial charge in [0.1, 0.15) is 0 Å². The average molecular weight is 254 g/mol. The zero-order valence-electron chi connectivity index (χ0n) is 2.01. The first kappa shape index (κ1) is 8.85. The van der Waals surface area contributed by atoms with E-state index in [-0.39, 0.29) is 20.1 Å². The molecule has 4 nitrogen and oxygen atoms in total. The number of hydrogen-bond donors (Lipinski definition) is 0. The molecule has 30 valence electrons. The van der Waals surface area contributed by atoms with Gasteiger partial charge in [0.2, 0.25) is 0 Å². The first-order valence-electron chi connectivity index (χ1n) is 0.548. The van der Waals surface area contributed by atoms with Crippen LogP contribution in [0.4, 0.5) is 0 Å². The second kappa shape index (κ2) is 3.85. The van der Waals surface area contributed by atoms with Crippen LogP contribution in [0.3, 0.4) is 0 Å². The van der Waals surface area contributed by atoms with E-state index in [1.54, 1.807) is 0 Å². The monoisotopic (exact) mass is 255 g/mol. The van der Waals surface area contributed by atoms with E-state index < -0.39 is 5.09 Å². The molecule has 0 atom stereocenters. The molecule has 0 unspecified atom stereocenters. The van der Waals surface area contributed by atoms with Gasteiger partial charge in [-0.05, 0) is 0 Å². The fourth-order valence-corrected chi connectivity index (χ4v) is 0. The van der Waals surface area contributed by atoms with Gasteiger partial charge in [-0.25, -0.2) is 0 Å². The molecule has 0 amide bonds. The van der Waals surface area contributed by atoms with Gasteiger partial charge in [0.05, 0.1) is 5.09 Å². The van der Waals surface area contributed by atoms with E-state index in [9.17, 15) is 0 Å². The first-order chi connectivity index (χ1) is 1.73. The van der Waals surface area contributed by atoms with E-state index in [2.05, 4.69) is 0 Å². The van der Waals surface area contributed by atoms with Crippen molar-refractivity contribution in [3.63, 3.8) is 0 Å². The maximum absolute atomic E-state index is 8.25. The van der Waals surface area contributed by atoms with Gasteiger partial charge >= 0.3 is 20.1 Å². The van der Waals surface area contributed by atoms with Crippen molar-refractivity contribution in [1.29, 1.82) is 0 Å². The van der Waals surface area contributed by atoms with E-state index in [1.165, 1.54) is 0 Å². The van der Waals surface area contributed by atoms with Crippen LogP contribution in [0.25, 0.3) is 0 Å². The molecular weight excluding hydrogens is 254 g/mol. The molecule has 0 spiro atoms. The first-order valence-corrected chi connectivity index (χ1v) is 0.548. The molecule has 0 rings (SSSR count). The molecule has 0 saturated heterocycles. The normalized spacial score (nSPS) is 4.80.